The van der Waals surface area contributed by atoms with E-state index in [1.807, 2.05) is 24.3 Å². The highest BCUT2D eigenvalue weighted by molar-refractivity contribution is 6.30. The first-order valence-electron chi connectivity index (χ1n) is 4.90. The minimum absolute atomic E-state index is 0.765. The molecule has 3 heteroatoms. The van der Waals surface area contributed by atoms with Gasteiger partial charge in [-0.05, 0) is 37.1 Å². The largest absolute Gasteiger partial charge is 0.344 e. The third-order valence-electron chi connectivity index (χ3n) is 2.26. The highest BCUT2D eigenvalue weighted by atomic mass is 35.5. The maximum atomic E-state index is 5.80. The molecule has 0 saturated carbocycles. The number of anilines is 1. The van der Waals surface area contributed by atoms with Gasteiger partial charge in [-0.15, -0.1) is 0 Å². The Morgan fingerprint density at radius 1 is 1.14 bits per heavy atom. The molecule has 1 N–H and O–H groups in total. The lowest BCUT2D eigenvalue weighted by Crippen LogP contribution is -2.15. The number of aliphatic imine (C=N–C) groups is 1. The van der Waals surface area contributed by atoms with Gasteiger partial charge in [0, 0.05) is 23.7 Å². The fraction of sp³-hybridized carbons (Fsp3) is 0.364. The normalized spacial score (nSPS) is 16.2. The van der Waals surface area contributed by atoms with Crippen molar-refractivity contribution in [3.63, 3.8) is 0 Å². The summed E-state index contributed by atoms with van der Waals surface area (Å²) in [6.07, 6.45) is 3.51. The molecule has 1 aromatic rings. The number of nitrogens with zero attached hydrogens (tertiary/aromatic N) is 1. The number of hydrogen-bond donors (Lipinski definition) is 1. The lowest BCUT2D eigenvalue weighted by atomic mass is 10.2. The van der Waals surface area contributed by atoms with Crippen molar-refractivity contribution in [1.82, 2.24) is 0 Å². The zero-order valence-corrected chi connectivity index (χ0v) is 8.72. The highest BCUT2D eigenvalue weighted by Crippen LogP contribution is 2.15. The van der Waals surface area contributed by atoms with Crippen molar-refractivity contribution < 1.29 is 0 Å². The van der Waals surface area contributed by atoms with Gasteiger partial charge in [0.15, 0.2) is 0 Å². The molecule has 0 atom stereocenters. The number of nitrogens with one attached hydrogen (secondary N) is 1. The van der Waals surface area contributed by atoms with Gasteiger partial charge < -0.3 is 5.32 Å². The summed E-state index contributed by atoms with van der Waals surface area (Å²) in [5, 5.41) is 4.06. The zero-order chi connectivity index (χ0) is 9.80. The van der Waals surface area contributed by atoms with Crippen LogP contribution in [0.15, 0.2) is 29.3 Å². The van der Waals surface area contributed by atoms with Crippen molar-refractivity contribution in [2.24, 2.45) is 4.99 Å². The van der Waals surface area contributed by atoms with E-state index in [9.17, 15) is 0 Å². The summed E-state index contributed by atoms with van der Waals surface area (Å²) in [7, 11) is 0. The molecular weight excluding hydrogens is 196 g/mol. The summed E-state index contributed by atoms with van der Waals surface area (Å²) >= 11 is 5.80. The molecule has 1 aliphatic heterocycles. The Hall–Kier alpha value is -1.02. The minimum Gasteiger partial charge on any atom is -0.344 e. The molecule has 1 aliphatic rings. The summed E-state index contributed by atoms with van der Waals surface area (Å²) in [5.41, 5.74) is 1.06. The van der Waals surface area contributed by atoms with Crippen LogP contribution in [0.4, 0.5) is 5.69 Å². The lowest BCUT2D eigenvalue weighted by Gasteiger charge is -2.13. The van der Waals surface area contributed by atoms with Crippen molar-refractivity contribution in [2.75, 3.05) is 11.9 Å². The van der Waals surface area contributed by atoms with Crippen LogP contribution in [0.3, 0.4) is 0 Å². The number of halogens is 1. The van der Waals surface area contributed by atoms with Gasteiger partial charge >= 0.3 is 0 Å². The van der Waals surface area contributed by atoms with E-state index in [0.717, 1.165) is 29.5 Å². The van der Waals surface area contributed by atoms with Gasteiger partial charge in [0.05, 0.1) is 0 Å². The molecule has 0 amide bonds. The molecule has 0 radical (unpaired) electrons. The van der Waals surface area contributed by atoms with Crippen LogP contribution < -0.4 is 5.32 Å². The third-order valence-corrected chi connectivity index (χ3v) is 2.51. The molecule has 1 aromatic carbocycles. The van der Waals surface area contributed by atoms with Crippen LogP contribution in [-0.2, 0) is 0 Å². The molecule has 0 aliphatic carbocycles. The molecule has 0 aromatic heterocycles. The van der Waals surface area contributed by atoms with Crippen molar-refractivity contribution in [1.29, 1.82) is 0 Å². The molecule has 0 spiro atoms. The van der Waals surface area contributed by atoms with E-state index < -0.39 is 0 Å². The molecule has 0 unspecified atom stereocenters. The number of benzene rings is 1. The second-order valence-electron chi connectivity index (χ2n) is 3.42. The van der Waals surface area contributed by atoms with Crippen molar-refractivity contribution >= 4 is 23.1 Å². The molecule has 14 heavy (non-hydrogen) atoms. The van der Waals surface area contributed by atoms with E-state index in [1.54, 1.807) is 0 Å². The maximum absolute atomic E-state index is 5.80. The van der Waals surface area contributed by atoms with Gasteiger partial charge in [0.1, 0.15) is 5.84 Å². The molecular formula is C11H13ClN2. The minimum atomic E-state index is 0.765. The summed E-state index contributed by atoms with van der Waals surface area (Å²) in [6, 6.07) is 7.71. The first kappa shape index (κ1) is 9.53. The van der Waals surface area contributed by atoms with Gasteiger partial charge in [0.25, 0.3) is 0 Å². The SMILES string of the molecule is Clc1ccc(NC2=NCCCC2)cc1. The summed E-state index contributed by atoms with van der Waals surface area (Å²) in [6.45, 7) is 0.954. The molecule has 74 valence electrons. The monoisotopic (exact) mass is 208 g/mol. The number of hydrogen-bond acceptors (Lipinski definition) is 2. The Labute approximate surface area is 89.0 Å². The van der Waals surface area contributed by atoms with Crippen LogP contribution in [0, 0.1) is 0 Å². The van der Waals surface area contributed by atoms with Crippen LogP contribution in [0.5, 0.6) is 0 Å². The summed E-state index contributed by atoms with van der Waals surface area (Å²) in [5.74, 6) is 1.10. The number of rotatable bonds is 1. The van der Waals surface area contributed by atoms with E-state index in [2.05, 4.69) is 10.3 Å². The van der Waals surface area contributed by atoms with Gasteiger partial charge in [-0.25, -0.2) is 0 Å². The van der Waals surface area contributed by atoms with E-state index in [-0.39, 0.29) is 0 Å². The molecule has 0 bridgehead atoms. The number of amidine groups is 1. The van der Waals surface area contributed by atoms with E-state index >= 15 is 0 Å². The van der Waals surface area contributed by atoms with Gasteiger partial charge in [-0.2, -0.15) is 0 Å². The average molecular weight is 209 g/mol. The molecule has 1 heterocycles. The van der Waals surface area contributed by atoms with E-state index in [1.165, 1.54) is 12.8 Å². The van der Waals surface area contributed by atoms with Crippen LogP contribution in [0.2, 0.25) is 5.02 Å². The predicted molar refractivity (Wildman–Crippen MR) is 61.2 cm³/mol. The quantitative estimate of drug-likeness (QED) is 0.752. The fourth-order valence-electron chi connectivity index (χ4n) is 1.50. The Bertz CT molecular complexity index is 330. The van der Waals surface area contributed by atoms with Crippen LogP contribution in [-0.4, -0.2) is 12.4 Å². The van der Waals surface area contributed by atoms with Crippen LogP contribution in [0.1, 0.15) is 19.3 Å². The van der Waals surface area contributed by atoms with E-state index in [0.29, 0.717) is 0 Å². The molecule has 2 nitrogen and oxygen atoms in total. The molecule has 2 rings (SSSR count). The first-order chi connectivity index (χ1) is 6.84. The van der Waals surface area contributed by atoms with Crippen LogP contribution >= 0.6 is 11.6 Å². The van der Waals surface area contributed by atoms with Gasteiger partial charge in [-0.3, -0.25) is 4.99 Å². The summed E-state index contributed by atoms with van der Waals surface area (Å²) < 4.78 is 0. The predicted octanol–water partition coefficient (Wildman–Crippen LogP) is 3.33. The Kier molecular flexibility index (Phi) is 3.04. The smallest absolute Gasteiger partial charge is 0.101 e. The van der Waals surface area contributed by atoms with Crippen LogP contribution in [0.25, 0.3) is 0 Å². The lowest BCUT2D eigenvalue weighted by molar-refractivity contribution is 0.737. The summed E-state index contributed by atoms with van der Waals surface area (Å²) in [4.78, 5) is 4.42. The maximum Gasteiger partial charge on any atom is 0.101 e. The molecule has 0 fully saturated rings. The van der Waals surface area contributed by atoms with E-state index in [4.69, 9.17) is 11.6 Å². The second-order valence-corrected chi connectivity index (χ2v) is 3.85. The Morgan fingerprint density at radius 3 is 2.57 bits per heavy atom. The van der Waals surface area contributed by atoms with Gasteiger partial charge in [-0.1, -0.05) is 11.6 Å². The van der Waals surface area contributed by atoms with Gasteiger partial charge in [0.2, 0.25) is 0 Å². The Balaban J connectivity index is 2.03. The average Bonchev–Trinajstić information content (AvgIpc) is 2.23. The molecule has 0 saturated heterocycles. The Morgan fingerprint density at radius 2 is 1.93 bits per heavy atom. The third kappa shape index (κ3) is 2.48. The fourth-order valence-corrected chi connectivity index (χ4v) is 1.63. The topological polar surface area (TPSA) is 24.4 Å². The zero-order valence-electron chi connectivity index (χ0n) is 7.96. The second kappa shape index (κ2) is 4.47. The van der Waals surface area contributed by atoms with Crippen molar-refractivity contribution in [2.45, 2.75) is 19.3 Å². The van der Waals surface area contributed by atoms with Crippen molar-refractivity contribution in [3.8, 4) is 0 Å². The van der Waals surface area contributed by atoms with Crippen molar-refractivity contribution in [3.05, 3.63) is 29.3 Å². The standard InChI is InChI=1S/C11H13ClN2/c12-9-4-6-10(7-5-9)14-11-3-1-2-8-13-11/h4-7H,1-3,8H2,(H,13,14). The highest BCUT2D eigenvalue weighted by Gasteiger charge is 2.04. The first-order valence-corrected chi connectivity index (χ1v) is 5.28.